The molecule has 3 rings (SSSR count). The first-order valence-electron chi connectivity index (χ1n) is 9.19. The predicted octanol–water partition coefficient (Wildman–Crippen LogP) is 2.22. The van der Waals surface area contributed by atoms with Crippen LogP contribution in [-0.2, 0) is 14.3 Å². The molecule has 0 aromatic heterocycles. The molecule has 4 amide bonds. The first-order valence-corrected chi connectivity index (χ1v) is 9.19. The molecule has 2 atom stereocenters. The highest BCUT2D eigenvalue weighted by atomic mass is 16.6. The number of benzene rings is 1. The van der Waals surface area contributed by atoms with Crippen molar-refractivity contribution < 1.29 is 28.7 Å². The van der Waals surface area contributed by atoms with E-state index in [-0.39, 0.29) is 12.1 Å². The van der Waals surface area contributed by atoms with Crippen LogP contribution in [-0.4, -0.2) is 52.1 Å². The second-order valence-electron chi connectivity index (χ2n) is 6.96. The molecule has 2 bridgehead atoms. The summed E-state index contributed by atoms with van der Waals surface area (Å²) in [6, 6.07) is 8.71. The fourth-order valence-corrected chi connectivity index (χ4v) is 3.81. The van der Waals surface area contributed by atoms with E-state index in [0.29, 0.717) is 23.6 Å². The Balaban J connectivity index is 1.56. The quantitative estimate of drug-likeness (QED) is 0.778. The Morgan fingerprint density at radius 3 is 2.11 bits per heavy atom. The summed E-state index contributed by atoms with van der Waals surface area (Å²) in [4.78, 5) is 49.1. The number of hydrogen-bond acceptors (Lipinski definition) is 6. The van der Waals surface area contributed by atoms with Crippen molar-refractivity contribution in [2.45, 2.75) is 57.7 Å². The number of para-hydroxylation sites is 1. The number of fused-ring (bicyclic) bond motifs is 2. The smallest absolute Gasteiger partial charge is 0.426 e. The summed E-state index contributed by atoms with van der Waals surface area (Å²) in [5.41, 5.74) is 2.15. The van der Waals surface area contributed by atoms with E-state index in [1.165, 1.54) is 13.8 Å². The van der Waals surface area contributed by atoms with Gasteiger partial charge in [0.05, 0.1) is 0 Å². The Bertz CT molecular complexity index is 740. The monoisotopic (exact) mass is 389 g/mol. The number of ether oxygens (including phenoxy) is 2. The van der Waals surface area contributed by atoms with Crippen molar-refractivity contribution in [3.05, 3.63) is 30.3 Å². The van der Waals surface area contributed by atoms with Gasteiger partial charge >= 0.3 is 12.2 Å². The molecule has 2 saturated heterocycles. The summed E-state index contributed by atoms with van der Waals surface area (Å²) in [6.07, 6.45) is 0.906. The molecule has 2 aliphatic heterocycles. The van der Waals surface area contributed by atoms with Crippen LogP contribution < -0.4 is 10.2 Å². The Hall–Kier alpha value is -3.10. The molecule has 2 heterocycles. The molecule has 0 saturated carbocycles. The van der Waals surface area contributed by atoms with Crippen LogP contribution in [0, 0.1) is 0 Å². The van der Waals surface area contributed by atoms with Crippen LogP contribution in [0.2, 0.25) is 0 Å². The van der Waals surface area contributed by atoms with Gasteiger partial charge in [-0.2, -0.15) is 5.01 Å². The van der Waals surface area contributed by atoms with E-state index in [0.717, 1.165) is 12.8 Å². The lowest BCUT2D eigenvalue weighted by molar-refractivity contribution is -0.145. The topological polar surface area (TPSA) is 105 Å². The van der Waals surface area contributed by atoms with E-state index >= 15 is 0 Å². The Morgan fingerprint density at radius 2 is 1.57 bits per heavy atom. The number of rotatable bonds is 2. The highest BCUT2D eigenvalue weighted by molar-refractivity contribution is 5.94. The summed E-state index contributed by atoms with van der Waals surface area (Å²) in [5, 5.41) is 0.600. The lowest BCUT2D eigenvalue weighted by Crippen LogP contribution is -2.52. The number of nitrogens with one attached hydrogen (secondary N) is 1. The zero-order valence-electron chi connectivity index (χ0n) is 15.8. The maximum absolute atomic E-state index is 12.6. The number of piperidine rings is 1. The SMILES string of the molecule is CC(=O)N(NC(=O)OC1CC2CCC(C1)N2C(=O)Oc1ccccc1)C(C)=O. The molecule has 1 aromatic rings. The predicted molar refractivity (Wildman–Crippen MR) is 97.0 cm³/mol. The van der Waals surface area contributed by atoms with Gasteiger partial charge in [-0.25, -0.2) is 15.0 Å². The summed E-state index contributed by atoms with van der Waals surface area (Å²) in [7, 11) is 0. The molecule has 2 unspecified atom stereocenters. The average Bonchev–Trinajstić information content (AvgIpc) is 2.91. The zero-order chi connectivity index (χ0) is 20.3. The van der Waals surface area contributed by atoms with Gasteiger partial charge in [0.15, 0.2) is 0 Å². The van der Waals surface area contributed by atoms with E-state index in [4.69, 9.17) is 9.47 Å². The van der Waals surface area contributed by atoms with Crippen LogP contribution in [0.1, 0.15) is 39.5 Å². The molecular weight excluding hydrogens is 366 g/mol. The second-order valence-corrected chi connectivity index (χ2v) is 6.96. The Kier molecular flexibility index (Phi) is 5.81. The number of hydrazine groups is 1. The minimum Gasteiger partial charge on any atom is -0.445 e. The van der Waals surface area contributed by atoms with Gasteiger partial charge in [0.1, 0.15) is 11.9 Å². The fourth-order valence-electron chi connectivity index (χ4n) is 3.81. The minimum absolute atomic E-state index is 0.0792. The minimum atomic E-state index is -0.866. The maximum Gasteiger partial charge on any atom is 0.426 e. The third kappa shape index (κ3) is 4.41. The molecule has 2 aliphatic rings. The zero-order valence-corrected chi connectivity index (χ0v) is 15.8. The van der Waals surface area contributed by atoms with Gasteiger partial charge in [0.25, 0.3) is 0 Å². The van der Waals surface area contributed by atoms with E-state index in [1.807, 2.05) is 6.07 Å². The van der Waals surface area contributed by atoms with E-state index in [2.05, 4.69) is 5.43 Å². The third-order valence-electron chi connectivity index (χ3n) is 4.96. The average molecular weight is 389 g/mol. The van der Waals surface area contributed by atoms with Crippen LogP contribution in [0.15, 0.2) is 30.3 Å². The fraction of sp³-hybridized carbons (Fsp3) is 0.474. The highest BCUT2D eigenvalue weighted by Crippen LogP contribution is 2.37. The summed E-state index contributed by atoms with van der Waals surface area (Å²) in [6.45, 7) is 2.33. The van der Waals surface area contributed by atoms with Crippen molar-refractivity contribution >= 4 is 24.0 Å². The van der Waals surface area contributed by atoms with Gasteiger partial charge in [0, 0.05) is 38.8 Å². The molecule has 0 spiro atoms. The van der Waals surface area contributed by atoms with Gasteiger partial charge in [-0.1, -0.05) is 18.2 Å². The van der Waals surface area contributed by atoms with Gasteiger partial charge < -0.3 is 14.4 Å². The maximum atomic E-state index is 12.6. The number of carbonyl (C=O) groups excluding carboxylic acids is 4. The van der Waals surface area contributed by atoms with Gasteiger partial charge in [-0.3, -0.25) is 9.59 Å². The summed E-state index contributed by atoms with van der Waals surface area (Å²) < 4.78 is 10.8. The molecule has 0 aliphatic carbocycles. The molecule has 0 radical (unpaired) electrons. The van der Waals surface area contributed by atoms with E-state index in [1.54, 1.807) is 29.2 Å². The van der Waals surface area contributed by atoms with Crippen molar-refractivity contribution in [2.75, 3.05) is 0 Å². The Morgan fingerprint density at radius 1 is 1.00 bits per heavy atom. The highest BCUT2D eigenvalue weighted by Gasteiger charge is 2.45. The van der Waals surface area contributed by atoms with Gasteiger partial charge in [0.2, 0.25) is 11.8 Å². The molecule has 2 fully saturated rings. The molecular formula is C19H23N3O6. The molecule has 28 heavy (non-hydrogen) atoms. The lowest BCUT2D eigenvalue weighted by atomic mass is 10.0. The summed E-state index contributed by atoms with van der Waals surface area (Å²) >= 11 is 0. The van der Waals surface area contributed by atoms with E-state index in [9.17, 15) is 19.2 Å². The van der Waals surface area contributed by atoms with Gasteiger partial charge in [-0.15, -0.1) is 0 Å². The third-order valence-corrected chi connectivity index (χ3v) is 4.96. The standard InChI is InChI=1S/C19H23N3O6/c1-12(23)22(13(2)24)20-18(25)27-17-10-14-8-9-15(11-17)21(14)19(26)28-16-6-4-3-5-7-16/h3-7,14-15,17H,8-11H2,1-2H3,(H,20,25). The number of imide groups is 1. The second kappa shape index (κ2) is 8.28. The molecule has 9 heteroatoms. The normalized spacial score (nSPS) is 22.9. The number of amides is 4. The first kappa shape index (κ1) is 19.7. The van der Waals surface area contributed by atoms with Crippen LogP contribution in [0.25, 0.3) is 0 Å². The number of carbonyl (C=O) groups is 4. The molecule has 1 N–H and O–H groups in total. The van der Waals surface area contributed by atoms with Crippen LogP contribution >= 0.6 is 0 Å². The van der Waals surface area contributed by atoms with E-state index < -0.39 is 30.1 Å². The van der Waals surface area contributed by atoms with Crippen LogP contribution in [0.3, 0.4) is 0 Å². The Labute approximate surface area is 162 Å². The summed E-state index contributed by atoms with van der Waals surface area (Å²) in [5.74, 6) is -0.732. The van der Waals surface area contributed by atoms with Crippen molar-refractivity contribution in [3.8, 4) is 5.75 Å². The largest absolute Gasteiger partial charge is 0.445 e. The van der Waals surface area contributed by atoms with Crippen molar-refractivity contribution in [2.24, 2.45) is 0 Å². The van der Waals surface area contributed by atoms with Gasteiger partial charge in [-0.05, 0) is 25.0 Å². The molecule has 9 nitrogen and oxygen atoms in total. The van der Waals surface area contributed by atoms with Crippen LogP contribution in [0.4, 0.5) is 9.59 Å². The lowest BCUT2D eigenvalue weighted by Gasteiger charge is -2.37. The number of hydrogen-bond donors (Lipinski definition) is 1. The van der Waals surface area contributed by atoms with Crippen LogP contribution in [0.5, 0.6) is 5.75 Å². The van der Waals surface area contributed by atoms with Crippen molar-refractivity contribution in [1.82, 2.24) is 15.3 Å². The molecule has 1 aromatic carbocycles. The van der Waals surface area contributed by atoms with Crippen molar-refractivity contribution in [1.29, 1.82) is 0 Å². The number of nitrogens with zero attached hydrogens (tertiary/aromatic N) is 2. The van der Waals surface area contributed by atoms with Crippen molar-refractivity contribution in [3.63, 3.8) is 0 Å². The first-order chi connectivity index (χ1) is 13.3. The molecule has 150 valence electrons.